The fraction of sp³-hybridized carbons (Fsp3) is 0.0192. The highest BCUT2D eigenvalue weighted by molar-refractivity contribution is 6.26. The predicted octanol–water partition coefficient (Wildman–Crippen LogP) is 12.6. The standard InChI is InChI=1S/C52H33N5/c1-2-16-34-29-31-46(42(33-34)52-54-50(36-18-5-3-6-19-36)53-51(55-52)37-20-7-4-8-21-37)57-44-26-13-11-24-39(44)40-30-32-47-48(49(40)57)41-25-12-14-27-45(41)56(47)43-28-15-22-35-17-9-10-23-38(35)43/h3-15,17-33H,1H3. The monoisotopic (exact) mass is 727 g/mol. The van der Waals surface area contributed by atoms with Crippen molar-refractivity contribution in [1.29, 1.82) is 0 Å². The van der Waals surface area contributed by atoms with Gasteiger partial charge in [0.25, 0.3) is 0 Å². The van der Waals surface area contributed by atoms with E-state index >= 15 is 0 Å². The Morgan fingerprint density at radius 2 is 1.02 bits per heavy atom. The van der Waals surface area contributed by atoms with E-state index in [-0.39, 0.29) is 0 Å². The molecule has 5 nitrogen and oxygen atoms in total. The predicted molar refractivity (Wildman–Crippen MR) is 235 cm³/mol. The van der Waals surface area contributed by atoms with Gasteiger partial charge in [-0.3, -0.25) is 0 Å². The summed E-state index contributed by atoms with van der Waals surface area (Å²) in [6.45, 7) is 1.87. The largest absolute Gasteiger partial charge is 0.309 e. The zero-order valence-corrected chi connectivity index (χ0v) is 31.1. The van der Waals surface area contributed by atoms with E-state index in [0.717, 1.165) is 55.7 Å². The van der Waals surface area contributed by atoms with E-state index in [4.69, 9.17) is 15.0 Å². The molecule has 0 aliphatic carbocycles. The number of benzene rings is 8. The van der Waals surface area contributed by atoms with Crippen molar-refractivity contribution in [2.45, 2.75) is 6.92 Å². The van der Waals surface area contributed by atoms with Crippen LogP contribution < -0.4 is 0 Å². The lowest BCUT2D eigenvalue weighted by Crippen LogP contribution is -2.04. The average molecular weight is 728 g/mol. The van der Waals surface area contributed by atoms with E-state index in [1.807, 2.05) is 67.6 Å². The maximum atomic E-state index is 5.23. The van der Waals surface area contributed by atoms with E-state index in [9.17, 15) is 0 Å². The average Bonchev–Trinajstić information content (AvgIpc) is 3.79. The highest BCUT2D eigenvalue weighted by atomic mass is 15.1. The summed E-state index contributed by atoms with van der Waals surface area (Å²) in [5.74, 6) is 8.23. The molecule has 0 radical (unpaired) electrons. The summed E-state index contributed by atoms with van der Waals surface area (Å²) in [7, 11) is 0. The molecule has 0 amide bonds. The molecule has 0 bridgehead atoms. The number of fused-ring (bicyclic) bond motifs is 8. The lowest BCUT2D eigenvalue weighted by molar-refractivity contribution is 1.06. The smallest absolute Gasteiger partial charge is 0.166 e. The van der Waals surface area contributed by atoms with E-state index < -0.39 is 0 Å². The molecule has 0 atom stereocenters. The van der Waals surface area contributed by atoms with Gasteiger partial charge in [-0.1, -0.05) is 145 Å². The first-order valence-corrected chi connectivity index (χ1v) is 19.1. The zero-order chi connectivity index (χ0) is 37.9. The quantitative estimate of drug-likeness (QED) is 0.166. The Kier molecular flexibility index (Phi) is 7.55. The number of hydrogen-bond acceptors (Lipinski definition) is 3. The molecule has 11 aromatic rings. The number of hydrogen-bond donors (Lipinski definition) is 0. The topological polar surface area (TPSA) is 48.5 Å². The molecule has 0 N–H and O–H groups in total. The van der Waals surface area contributed by atoms with Crippen LogP contribution in [0.3, 0.4) is 0 Å². The zero-order valence-electron chi connectivity index (χ0n) is 31.1. The first kappa shape index (κ1) is 32.6. The normalized spacial score (nSPS) is 11.5. The Labute approximate surface area is 329 Å². The molecule has 3 heterocycles. The third-order valence-corrected chi connectivity index (χ3v) is 10.9. The molecule has 0 spiro atoms. The van der Waals surface area contributed by atoms with Crippen LogP contribution in [0.25, 0.3) is 99.9 Å². The van der Waals surface area contributed by atoms with Crippen molar-refractivity contribution in [3.63, 3.8) is 0 Å². The molecule has 57 heavy (non-hydrogen) atoms. The summed E-state index contributed by atoms with van der Waals surface area (Å²) in [6.07, 6.45) is 0. The molecule has 5 heteroatoms. The summed E-state index contributed by atoms with van der Waals surface area (Å²) < 4.78 is 4.85. The molecule has 266 valence electrons. The van der Waals surface area contributed by atoms with Gasteiger partial charge in [-0.15, -0.1) is 5.92 Å². The second kappa shape index (κ2) is 13.2. The van der Waals surface area contributed by atoms with Gasteiger partial charge in [0, 0.05) is 49.2 Å². The molecule has 0 saturated carbocycles. The van der Waals surface area contributed by atoms with Gasteiger partial charge in [-0.25, -0.2) is 15.0 Å². The van der Waals surface area contributed by atoms with Crippen LogP contribution >= 0.6 is 0 Å². The SMILES string of the molecule is CC#Cc1ccc(-n2c3ccccc3c3ccc4c(c5ccccc5n4-c4cccc5ccccc45)c32)c(-c2nc(-c3ccccc3)nc(-c3ccccc3)n2)c1. The van der Waals surface area contributed by atoms with Gasteiger partial charge >= 0.3 is 0 Å². The van der Waals surface area contributed by atoms with Gasteiger partial charge < -0.3 is 9.13 Å². The van der Waals surface area contributed by atoms with Gasteiger partial charge in [0.05, 0.1) is 33.4 Å². The van der Waals surface area contributed by atoms with E-state index in [2.05, 4.69) is 142 Å². The molecule has 8 aromatic carbocycles. The van der Waals surface area contributed by atoms with Crippen molar-refractivity contribution in [2.75, 3.05) is 0 Å². The third-order valence-electron chi connectivity index (χ3n) is 10.9. The Morgan fingerprint density at radius 1 is 0.421 bits per heavy atom. The highest BCUT2D eigenvalue weighted by Crippen LogP contribution is 2.44. The first-order chi connectivity index (χ1) is 28.2. The van der Waals surface area contributed by atoms with Crippen molar-refractivity contribution >= 4 is 54.4 Å². The summed E-state index contributed by atoms with van der Waals surface area (Å²) in [5.41, 5.74) is 10.2. The summed E-state index contributed by atoms with van der Waals surface area (Å²) in [5, 5.41) is 7.12. The molecule has 3 aromatic heterocycles. The molecule has 0 aliphatic heterocycles. The van der Waals surface area contributed by atoms with Crippen LogP contribution in [0.1, 0.15) is 12.5 Å². The maximum absolute atomic E-state index is 5.23. The van der Waals surface area contributed by atoms with Crippen LogP contribution in [0.2, 0.25) is 0 Å². The lowest BCUT2D eigenvalue weighted by atomic mass is 10.1. The Balaban J connectivity index is 1.28. The lowest BCUT2D eigenvalue weighted by Gasteiger charge is -2.16. The molecule has 0 saturated heterocycles. The third kappa shape index (κ3) is 5.23. The van der Waals surface area contributed by atoms with Crippen LogP contribution in [0.5, 0.6) is 0 Å². The molecule has 0 unspecified atom stereocenters. The van der Waals surface area contributed by atoms with Crippen molar-refractivity contribution in [2.24, 2.45) is 0 Å². The number of rotatable bonds is 5. The second-order valence-corrected chi connectivity index (χ2v) is 14.2. The number of aromatic nitrogens is 5. The first-order valence-electron chi connectivity index (χ1n) is 19.1. The Morgan fingerprint density at radius 3 is 1.74 bits per heavy atom. The maximum Gasteiger partial charge on any atom is 0.166 e. The van der Waals surface area contributed by atoms with Crippen LogP contribution in [0, 0.1) is 11.8 Å². The molecular formula is C52H33N5. The molecule has 0 aliphatic rings. The van der Waals surface area contributed by atoms with E-state index in [1.54, 1.807) is 0 Å². The van der Waals surface area contributed by atoms with Crippen LogP contribution in [-0.2, 0) is 0 Å². The molecule has 11 rings (SSSR count). The molecular weight excluding hydrogens is 695 g/mol. The van der Waals surface area contributed by atoms with Crippen molar-refractivity contribution in [3.05, 3.63) is 188 Å². The fourth-order valence-corrected chi connectivity index (χ4v) is 8.48. The van der Waals surface area contributed by atoms with Crippen LogP contribution in [-0.4, -0.2) is 24.1 Å². The van der Waals surface area contributed by atoms with Gasteiger partial charge in [0.2, 0.25) is 0 Å². The molecule has 0 fully saturated rings. The van der Waals surface area contributed by atoms with E-state index in [0.29, 0.717) is 17.5 Å². The van der Waals surface area contributed by atoms with Gasteiger partial charge in [-0.2, -0.15) is 0 Å². The van der Waals surface area contributed by atoms with Crippen LogP contribution in [0.15, 0.2) is 182 Å². The Bertz CT molecular complexity index is 3360. The van der Waals surface area contributed by atoms with Crippen molar-refractivity contribution in [3.8, 4) is 57.4 Å². The van der Waals surface area contributed by atoms with Gasteiger partial charge in [0.1, 0.15) is 0 Å². The minimum Gasteiger partial charge on any atom is -0.309 e. The summed E-state index contributed by atoms with van der Waals surface area (Å²) in [4.78, 5) is 15.5. The van der Waals surface area contributed by atoms with Crippen LogP contribution in [0.4, 0.5) is 0 Å². The minimum absolute atomic E-state index is 0.578. The van der Waals surface area contributed by atoms with Crippen molar-refractivity contribution < 1.29 is 0 Å². The fourth-order valence-electron chi connectivity index (χ4n) is 8.48. The van der Waals surface area contributed by atoms with Crippen molar-refractivity contribution in [1.82, 2.24) is 24.1 Å². The minimum atomic E-state index is 0.578. The van der Waals surface area contributed by atoms with Gasteiger partial charge in [-0.05, 0) is 54.8 Å². The number of para-hydroxylation sites is 2. The van der Waals surface area contributed by atoms with E-state index in [1.165, 1.54) is 32.3 Å². The van der Waals surface area contributed by atoms with Gasteiger partial charge in [0.15, 0.2) is 17.5 Å². The number of nitrogens with zero attached hydrogens (tertiary/aromatic N) is 5. The Hall–Kier alpha value is -7.81. The summed E-state index contributed by atoms with van der Waals surface area (Å²) >= 11 is 0. The summed E-state index contributed by atoms with van der Waals surface area (Å²) in [6, 6.07) is 63.9. The highest BCUT2D eigenvalue weighted by Gasteiger charge is 2.24. The second-order valence-electron chi connectivity index (χ2n) is 14.2.